The van der Waals surface area contributed by atoms with E-state index in [2.05, 4.69) is 10.6 Å². The zero-order valence-corrected chi connectivity index (χ0v) is 15.2. The largest absolute Gasteiger partial charge is 0.351 e. The molecule has 0 fully saturated rings. The standard InChI is InChI=1S/C20H23N3O3/c1-14(24)15-6-5-9-18(13-15)22-20(26)17-8-4-7-16(12-17)19(25)21-10-11-23(2)3/h4-9,12-13H,10-11H2,1-3H3,(H,21,25)(H,22,26). The van der Waals surface area contributed by atoms with Crippen LogP contribution in [-0.4, -0.2) is 49.7 Å². The molecule has 0 aromatic heterocycles. The average Bonchev–Trinajstić information content (AvgIpc) is 2.61. The minimum atomic E-state index is -0.339. The van der Waals surface area contributed by atoms with Gasteiger partial charge in [0.25, 0.3) is 11.8 Å². The number of carbonyl (C=O) groups excluding carboxylic acids is 3. The van der Waals surface area contributed by atoms with Crippen LogP contribution in [0.3, 0.4) is 0 Å². The van der Waals surface area contributed by atoms with Crippen molar-refractivity contribution >= 4 is 23.3 Å². The summed E-state index contributed by atoms with van der Waals surface area (Å²) in [7, 11) is 3.86. The maximum Gasteiger partial charge on any atom is 0.255 e. The third kappa shape index (κ3) is 5.53. The summed E-state index contributed by atoms with van der Waals surface area (Å²) < 4.78 is 0. The lowest BCUT2D eigenvalue weighted by molar-refractivity contribution is 0.0950. The number of hydrogen-bond acceptors (Lipinski definition) is 4. The maximum absolute atomic E-state index is 12.4. The Morgan fingerprint density at radius 1 is 0.885 bits per heavy atom. The van der Waals surface area contributed by atoms with Gasteiger partial charge in [0.05, 0.1) is 0 Å². The lowest BCUT2D eigenvalue weighted by Gasteiger charge is -2.11. The van der Waals surface area contributed by atoms with E-state index in [9.17, 15) is 14.4 Å². The summed E-state index contributed by atoms with van der Waals surface area (Å²) >= 11 is 0. The van der Waals surface area contributed by atoms with E-state index in [1.165, 1.54) is 6.92 Å². The molecule has 0 saturated carbocycles. The number of carbonyl (C=O) groups is 3. The van der Waals surface area contributed by atoms with Gasteiger partial charge in [0.15, 0.2) is 5.78 Å². The lowest BCUT2D eigenvalue weighted by atomic mass is 10.1. The van der Waals surface area contributed by atoms with E-state index < -0.39 is 0 Å². The Hall–Kier alpha value is -2.99. The monoisotopic (exact) mass is 353 g/mol. The highest BCUT2D eigenvalue weighted by atomic mass is 16.2. The molecule has 0 aliphatic heterocycles. The first-order valence-electron chi connectivity index (χ1n) is 8.32. The first kappa shape index (κ1) is 19.3. The fourth-order valence-corrected chi connectivity index (χ4v) is 2.32. The Bertz CT molecular complexity index is 815. The number of nitrogens with one attached hydrogen (secondary N) is 2. The number of Topliss-reactive ketones (excluding diaryl/α,β-unsaturated/α-hetero) is 1. The van der Waals surface area contributed by atoms with E-state index in [1.54, 1.807) is 48.5 Å². The molecule has 136 valence electrons. The molecule has 0 spiro atoms. The minimum Gasteiger partial charge on any atom is -0.351 e. The van der Waals surface area contributed by atoms with E-state index in [4.69, 9.17) is 0 Å². The van der Waals surface area contributed by atoms with E-state index in [1.807, 2.05) is 19.0 Å². The van der Waals surface area contributed by atoms with E-state index in [-0.39, 0.29) is 17.6 Å². The highest BCUT2D eigenvalue weighted by Gasteiger charge is 2.11. The van der Waals surface area contributed by atoms with Crippen LogP contribution in [0.15, 0.2) is 48.5 Å². The third-order valence-corrected chi connectivity index (χ3v) is 3.76. The van der Waals surface area contributed by atoms with Gasteiger partial charge in [-0.1, -0.05) is 18.2 Å². The van der Waals surface area contributed by atoms with Crippen molar-refractivity contribution in [1.82, 2.24) is 10.2 Å². The molecule has 26 heavy (non-hydrogen) atoms. The number of benzene rings is 2. The van der Waals surface area contributed by atoms with Crippen molar-refractivity contribution in [3.05, 3.63) is 65.2 Å². The van der Waals surface area contributed by atoms with Crippen molar-refractivity contribution in [3.8, 4) is 0 Å². The Balaban J connectivity index is 2.06. The zero-order valence-electron chi connectivity index (χ0n) is 15.2. The highest BCUT2D eigenvalue weighted by Crippen LogP contribution is 2.14. The molecular formula is C20H23N3O3. The van der Waals surface area contributed by atoms with Crippen molar-refractivity contribution < 1.29 is 14.4 Å². The van der Waals surface area contributed by atoms with Gasteiger partial charge in [0, 0.05) is 35.5 Å². The van der Waals surface area contributed by atoms with Gasteiger partial charge < -0.3 is 15.5 Å². The molecule has 2 aromatic carbocycles. The smallest absolute Gasteiger partial charge is 0.255 e. The second-order valence-electron chi connectivity index (χ2n) is 6.23. The van der Waals surface area contributed by atoms with Gasteiger partial charge in [-0.05, 0) is 51.4 Å². The lowest BCUT2D eigenvalue weighted by Crippen LogP contribution is -2.31. The molecule has 2 rings (SSSR count). The predicted octanol–water partition coefficient (Wildman–Crippen LogP) is 2.43. The molecule has 2 aromatic rings. The zero-order chi connectivity index (χ0) is 19.1. The average molecular weight is 353 g/mol. The second-order valence-corrected chi connectivity index (χ2v) is 6.23. The molecule has 0 heterocycles. The van der Waals surface area contributed by atoms with Crippen LogP contribution < -0.4 is 10.6 Å². The Morgan fingerprint density at radius 2 is 1.50 bits per heavy atom. The van der Waals surface area contributed by atoms with Crippen LogP contribution >= 0.6 is 0 Å². The van der Waals surface area contributed by atoms with Crippen LogP contribution in [0.4, 0.5) is 5.69 Å². The van der Waals surface area contributed by atoms with Gasteiger partial charge in [0.2, 0.25) is 0 Å². The van der Waals surface area contributed by atoms with E-state index in [0.29, 0.717) is 28.9 Å². The van der Waals surface area contributed by atoms with Crippen LogP contribution in [0.25, 0.3) is 0 Å². The Labute approximate surface area is 153 Å². The summed E-state index contributed by atoms with van der Waals surface area (Å²) in [5.41, 5.74) is 1.85. The molecule has 6 nitrogen and oxygen atoms in total. The summed E-state index contributed by atoms with van der Waals surface area (Å²) in [4.78, 5) is 38.0. The van der Waals surface area contributed by atoms with E-state index >= 15 is 0 Å². The van der Waals surface area contributed by atoms with Crippen LogP contribution in [0.5, 0.6) is 0 Å². The number of rotatable bonds is 7. The third-order valence-electron chi connectivity index (χ3n) is 3.76. The maximum atomic E-state index is 12.4. The molecule has 2 amide bonds. The first-order valence-corrected chi connectivity index (χ1v) is 8.32. The number of hydrogen-bond donors (Lipinski definition) is 2. The molecule has 0 atom stereocenters. The molecule has 0 radical (unpaired) electrons. The van der Waals surface area contributed by atoms with Gasteiger partial charge in [-0.3, -0.25) is 14.4 Å². The number of likely N-dealkylation sites (N-methyl/N-ethyl adjacent to an activating group) is 1. The fraction of sp³-hybridized carbons (Fsp3) is 0.250. The number of anilines is 1. The second kappa shape index (κ2) is 8.92. The Morgan fingerprint density at radius 3 is 2.15 bits per heavy atom. The Kier molecular flexibility index (Phi) is 6.63. The normalized spacial score (nSPS) is 10.5. The summed E-state index contributed by atoms with van der Waals surface area (Å²) in [5.74, 6) is -0.633. The highest BCUT2D eigenvalue weighted by molar-refractivity contribution is 6.06. The van der Waals surface area contributed by atoms with Gasteiger partial charge in [-0.25, -0.2) is 0 Å². The molecule has 0 aliphatic rings. The van der Waals surface area contributed by atoms with Crippen LogP contribution in [0.2, 0.25) is 0 Å². The summed E-state index contributed by atoms with van der Waals surface area (Å²) in [6.07, 6.45) is 0. The first-order chi connectivity index (χ1) is 12.4. The topological polar surface area (TPSA) is 78.5 Å². The molecule has 6 heteroatoms. The molecule has 0 aliphatic carbocycles. The quantitative estimate of drug-likeness (QED) is 0.750. The van der Waals surface area contributed by atoms with Gasteiger partial charge in [-0.2, -0.15) is 0 Å². The fourth-order valence-electron chi connectivity index (χ4n) is 2.32. The molecule has 2 N–H and O–H groups in total. The van der Waals surface area contributed by atoms with Crippen molar-refractivity contribution in [3.63, 3.8) is 0 Å². The van der Waals surface area contributed by atoms with Gasteiger partial charge in [-0.15, -0.1) is 0 Å². The summed E-state index contributed by atoms with van der Waals surface area (Å²) in [6, 6.07) is 13.3. The molecule has 0 saturated heterocycles. The minimum absolute atomic E-state index is 0.0718. The van der Waals surface area contributed by atoms with Gasteiger partial charge >= 0.3 is 0 Å². The van der Waals surface area contributed by atoms with Crippen LogP contribution in [0.1, 0.15) is 38.0 Å². The van der Waals surface area contributed by atoms with E-state index in [0.717, 1.165) is 6.54 Å². The molecule has 0 unspecified atom stereocenters. The predicted molar refractivity (Wildman–Crippen MR) is 102 cm³/mol. The summed E-state index contributed by atoms with van der Waals surface area (Å²) in [6.45, 7) is 2.73. The number of ketones is 1. The summed E-state index contributed by atoms with van der Waals surface area (Å²) in [5, 5.41) is 5.56. The van der Waals surface area contributed by atoms with Crippen molar-refractivity contribution in [1.29, 1.82) is 0 Å². The van der Waals surface area contributed by atoms with Crippen molar-refractivity contribution in [2.45, 2.75) is 6.92 Å². The van der Waals surface area contributed by atoms with Crippen molar-refractivity contribution in [2.24, 2.45) is 0 Å². The number of amides is 2. The number of nitrogens with zero attached hydrogens (tertiary/aromatic N) is 1. The van der Waals surface area contributed by atoms with Crippen LogP contribution in [-0.2, 0) is 0 Å². The van der Waals surface area contributed by atoms with Crippen molar-refractivity contribution in [2.75, 3.05) is 32.5 Å². The molecule has 0 bridgehead atoms. The SMILES string of the molecule is CC(=O)c1cccc(NC(=O)c2cccc(C(=O)NCCN(C)C)c2)c1. The molecular weight excluding hydrogens is 330 g/mol. The van der Waals surface area contributed by atoms with Gasteiger partial charge in [0.1, 0.15) is 0 Å². The van der Waals surface area contributed by atoms with Crippen LogP contribution in [0, 0.1) is 0 Å².